The average Bonchev–Trinajstić information content (AvgIpc) is 3.04. The fourth-order valence-corrected chi connectivity index (χ4v) is 6.16. The molecular formula is C29H48O2. The summed E-state index contributed by atoms with van der Waals surface area (Å²) in [4.78, 5) is 0. The molecule has 0 radical (unpaired) electrons. The van der Waals surface area contributed by atoms with Gasteiger partial charge >= 0.3 is 0 Å². The molecule has 0 aliphatic heterocycles. The van der Waals surface area contributed by atoms with Gasteiger partial charge in [0.25, 0.3) is 0 Å². The lowest BCUT2D eigenvalue weighted by Crippen LogP contribution is -2.33. The predicted molar refractivity (Wildman–Crippen MR) is 134 cm³/mol. The first-order chi connectivity index (χ1) is 14.6. The molecular weight excluding hydrogens is 380 g/mol. The average molecular weight is 429 g/mol. The molecule has 0 spiro atoms. The number of aliphatic hydroxyl groups is 2. The molecule has 3 aliphatic carbocycles. The fourth-order valence-electron chi connectivity index (χ4n) is 6.16. The van der Waals surface area contributed by atoms with E-state index in [1.54, 1.807) is 5.57 Å². The molecule has 0 aromatic heterocycles. The molecule has 176 valence electrons. The van der Waals surface area contributed by atoms with E-state index in [1.807, 2.05) is 27.7 Å². The highest BCUT2D eigenvalue weighted by atomic mass is 16.3. The van der Waals surface area contributed by atoms with Crippen molar-refractivity contribution in [2.24, 2.45) is 17.3 Å². The molecule has 4 unspecified atom stereocenters. The molecule has 0 bridgehead atoms. The van der Waals surface area contributed by atoms with Gasteiger partial charge in [0.1, 0.15) is 0 Å². The Balaban J connectivity index is 0.00000166. The lowest BCUT2D eigenvalue weighted by molar-refractivity contribution is 0.0660. The van der Waals surface area contributed by atoms with E-state index in [0.717, 1.165) is 36.3 Å². The minimum Gasteiger partial charge on any atom is -0.390 e. The van der Waals surface area contributed by atoms with Gasteiger partial charge in [-0.05, 0) is 99.2 Å². The third-order valence-electron chi connectivity index (χ3n) is 8.03. The van der Waals surface area contributed by atoms with Gasteiger partial charge in [0, 0.05) is 6.42 Å². The maximum Gasteiger partial charge on any atom is 0.0791 e. The van der Waals surface area contributed by atoms with Crippen molar-refractivity contribution < 1.29 is 10.2 Å². The van der Waals surface area contributed by atoms with Crippen LogP contribution in [0.3, 0.4) is 0 Å². The van der Waals surface area contributed by atoms with Gasteiger partial charge in [-0.2, -0.15) is 0 Å². The smallest absolute Gasteiger partial charge is 0.0791 e. The molecule has 2 N–H and O–H groups in total. The summed E-state index contributed by atoms with van der Waals surface area (Å²) >= 11 is 0. The highest BCUT2D eigenvalue weighted by Gasteiger charge is 2.48. The summed E-state index contributed by atoms with van der Waals surface area (Å²) in [6, 6.07) is 0. The summed E-state index contributed by atoms with van der Waals surface area (Å²) in [6.45, 7) is 18.6. The maximum absolute atomic E-state index is 10.2. The molecule has 0 heterocycles. The second-order valence-corrected chi connectivity index (χ2v) is 10.8. The molecule has 3 rings (SSSR count). The maximum atomic E-state index is 10.2. The van der Waals surface area contributed by atoms with Crippen molar-refractivity contribution in [2.45, 2.75) is 117 Å². The van der Waals surface area contributed by atoms with Gasteiger partial charge < -0.3 is 10.2 Å². The Labute approximate surface area is 192 Å². The van der Waals surface area contributed by atoms with Crippen molar-refractivity contribution in [1.29, 1.82) is 0 Å². The summed E-state index contributed by atoms with van der Waals surface area (Å²) in [5.41, 5.74) is 4.75. The fraction of sp³-hybridized carbons (Fsp3) is 0.724. The summed E-state index contributed by atoms with van der Waals surface area (Å²) in [6.07, 6.45) is 16.7. The van der Waals surface area contributed by atoms with Gasteiger partial charge in [-0.15, -0.1) is 0 Å². The number of aliphatic hydroxyl groups excluding tert-OH is 1. The zero-order valence-corrected chi connectivity index (χ0v) is 21.0. The van der Waals surface area contributed by atoms with Gasteiger partial charge in [0.05, 0.1) is 11.7 Å². The zero-order valence-electron chi connectivity index (χ0n) is 21.0. The second kappa shape index (κ2) is 11.1. The van der Waals surface area contributed by atoms with Gasteiger partial charge in [-0.25, -0.2) is 0 Å². The molecule has 2 nitrogen and oxygen atoms in total. The van der Waals surface area contributed by atoms with E-state index in [0.29, 0.717) is 17.8 Å². The molecule has 0 amide bonds. The standard InChI is InChI=1S/C27H42O2.C2H6/c1-19-17-20(2)25(28)18-22(19)12-11-21-9-8-16-27(5)23(13-14-24(21)27)10-6-7-15-26(3,4)29;1-2/h11-12,23-25,28-29H,1-2,6-10,13-18H2,3-5H3;1-2H3/b21-11+,22-12+;. The van der Waals surface area contributed by atoms with E-state index in [4.69, 9.17) is 0 Å². The Morgan fingerprint density at radius 1 is 1.13 bits per heavy atom. The van der Waals surface area contributed by atoms with Gasteiger partial charge in [-0.1, -0.05) is 64.5 Å². The first kappa shape index (κ1) is 26.1. The highest BCUT2D eigenvalue weighted by molar-refractivity contribution is 5.41. The molecule has 4 atom stereocenters. The monoisotopic (exact) mass is 428 g/mol. The quantitative estimate of drug-likeness (QED) is 0.336. The number of unbranched alkanes of at least 4 members (excludes halogenated alkanes) is 1. The van der Waals surface area contributed by atoms with Gasteiger partial charge in [-0.3, -0.25) is 0 Å². The van der Waals surface area contributed by atoms with Crippen LogP contribution in [0.4, 0.5) is 0 Å². The molecule has 0 aromatic rings. The van der Waals surface area contributed by atoms with Crippen molar-refractivity contribution in [2.75, 3.05) is 0 Å². The van der Waals surface area contributed by atoms with Crippen LogP contribution in [0.25, 0.3) is 0 Å². The second-order valence-electron chi connectivity index (χ2n) is 10.8. The largest absolute Gasteiger partial charge is 0.390 e. The van der Waals surface area contributed by atoms with Crippen LogP contribution in [0.1, 0.15) is 105 Å². The van der Waals surface area contributed by atoms with Crippen molar-refractivity contribution in [3.8, 4) is 0 Å². The normalized spacial score (nSPS) is 34.0. The minimum absolute atomic E-state index is 0.415. The molecule has 2 heteroatoms. The Morgan fingerprint density at radius 2 is 1.84 bits per heavy atom. The third-order valence-corrected chi connectivity index (χ3v) is 8.03. The van der Waals surface area contributed by atoms with Crippen molar-refractivity contribution in [3.05, 3.63) is 47.6 Å². The topological polar surface area (TPSA) is 40.5 Å². The number of fused-ring (bicyclic) bond motifs is 1. The number of rotatable bonds is 6. The Kier molecular flexibility index (Phi) is 9.40. The lowest BCUT2D eigenvalue weighted by Gasteiger charge is -2.42. The van der Waals surface area contributed by atoms with Crippen LogP contribution in [-0.4, -0.2) is 21.9 Å². The number of hydrogen-bond donors (Lipinski definition) is 2. The van der Waals surface area contributed by atoms with Crippen LogP contribution < -0.4 is 0 Å². The first-order valence-electron chi connectivity index (χ1n) is 12.8. The molecule has 3 fully saturated rings. The third kappa shape index (κ3) is 6.68. The first-order valence-corrected chi connectivity index (χ1v) is 12.8. The Hall–Kier alpha value is -1.12. The lowest BCUT2D eigenvalue weighted by atomic mass is 9.62. The summed E-state index contributed by atoms with van der Waals surface area (Å²) in [5, 5.41) is 20.1. The van der Waals surface area contributed by atoms with Crippen LogP contribution in [-0.2, 0) is 0 Å². The van der Waals surface area contributed by atoms with E-state index in [-0.39, 0.29) is 0 Å². The van der Waals surface area contributed by atoms with E-state index >= 15 is 0 Å². The summed E-state index contributed by atoms with van der Waals surface area (Å²) < 4.78 is 0. The predicted octanol–water partition coefficient (Wildman–Crippen LogP) is 7.68. The van der Waals surface area contributed by atoms with Crippen LogP contribution in [0.5, 0.6) is 0 Å². The van der Waals surface area contributed by atoms with Crippen LogP contribution >= 0.6 is 0 Å². The number of hydrogen-bond acceptors (Lipinski definition) is 2. The van der Waals surface area contributed by atoms with Crippen molar-refractivity contribution in [1.82, 2.24) is 0 Å². The SMILES string of the molecule is C=C1CC(=C)C(O)C/C1=C\C=C1/CCCC2(C)C(CCCCC(C)(C)O)CCC12.CC. The van der Waals surface area contributed by atoms with Gasteiger partial charge in [0.15, 0.2) is 0 Å². The van der Waals surface area contributed by atoms with Gasteiger partial charge in [0.2, 0.25) is 0 Å². The molecule has 31 heavy (non-hydrogen) atoms. The molecule has 0 saturated heterocycles. The van der Waals surface area contributed by atoms with E-state index in [1.165, 1.54) is 50.5 Å². The molecule has 3 aliphatic rings. The minimum atomic E-state index is -0.528. The Morgan fingerprint density at radius 3 is 2.52 bits per heavy atom. The number of allylic oxidation sites excluding steroid dienone is 4. The summed E-state index contributed by atoms with van der Waals surface area (Å²) in [5.74, 6) is 1.53. The Bertz CT molecular complexity index is 690. The molecule has 3 saturated carbocycles. The van der Waals surface area contributed by atoms with Crippen molar-refractivity contribution >= 4 is 0 Å². The van der Waals surface area contributed by atoms with Crippen molar-refractivity contribution in [3.63, 3.8) is 0 Å². The van der Waals surface area contributed by atoms with Crippen LogP contribution in [0, 0.1) is 17.3 Å². The van der Waals surface area contributed by atoms with Crippen LogP contribution in [0.2, 0.25) is 0 Å². The van der Waals surface area contributed by atoms with Crippen LogP contribution in [0.15, 0.2) is 47.6 Å². The van der Waals surface area contributed by atoms with E-state index in [9.17, 15) is 10.2 Å². The highest BCUT2D eigenvalue weighted by Crippen LogP contribution is 2.58. The van der Waals surface area contributed by atoms with E-state index in [2.05, 4.69) is 32.2 Å². The summed E-state index contributed by atoms with van der Waals surface area (Å²) in [7, 11) is 0. The van der Waals surface area contributed by atoms with E-state index < -0.39 is 11.7 Å². The zero-order chi connectivity index (χ0) is 23.2. The molecule has 0 aromatic carbocycles.